The van der Waals surface area contributed by atoms with Crippen molar-refractivity contribution in [1.29, 1.82) is 0 Å². The molecule has 2 aromatic rings. The number of amides is 2. The van der Waals surface area contributed by atoms with E-state index in [-0.39, 0.29) is 6.03 Å². The van der Waals surface area contributed by atoms with Crippen LogP contribution in [0.15, 0.2) is 35.7 Å². The van der Waals surface area contributed by atoms with E-state index in [4.69, 9.17) is 0 Å². The summed E-state index contributed by atoms with van der Waals surface area (Å²) in [5, 5.41) is 5.36. The van der Waals surface area contributed by atoms with Gasteiger partial charge >= 0.3 is 6.03 Å². The summed E-state index contributed by atoms with van der Waals surface area (Å²) in [5.74, 6) is 1.82. The predicted molar refractivity (Wildman–Crippen MR) is 127 cm³/mol. The van der Waals surface area contributed by atoms with Gasteiger partial charge in [-0.3, -0.25) is 0 Å². The summed E-state index contributed by atoms with van der Waals surface area (Å²) in [4.78, 5) is 16.8. The van der Waals surface area contributed by atoms with Crippen LogP contribution in [-0.2, 0) is 6.54 Å². The van der Waals surface area contributed by atoms with Crippen molar-refractivity contribution in [2.24, 2.45) is 11.8 Å². The van der Waals surface area contributed by atoms with E-state index in [1.54, 1.807) is 11.3 Å². The van der Waals surface area contributed by atoms with Crippen LogP contribution >= 0.6 is 11.3 Å². The van der Waals surface area contributed by atoms with Crippen LogP contribution in [0.2, 0.25) is 0 Å². The first kappa shape index (κ1) is 21.4. The fraction of sp³-hybridized carbons (Fsp3) is 0.577. The average molecular weight is 425 g/mol. The Morgan fingerprint density at radius 2 is 1.60 bits per heavy atom. The van der Waals surface area contributed by atoms with Gasteiger partial charge in [0.1, 0.15) is 0 Å². The number of benzene rings is 1. The molecule has 0 aliphatic heterocycles. The number of nitrogens with one attached hydrogen (secondary N) is 1. The van der Waals surface area contributed by atoms with Crippen molar-refractivity contribution in [2.75, 3.05) is 5.32 Å². The molecule has 162 valence electrons. The third-order valence-corrected chi connectivity index (χ3v) is 8.24. The summed E-state index contributed by atoms with van der Waals surface area (Å²) in [5.41, 5.74) is 3.22. The molecule has 2 fully saturated rings. The number of rotatable bonds is 5. The summed E-state index contributed by atoms with van der Waals surface area (Å²) in [6.45, 7) is 4.86. The molecule has 1 aromatic carbocycles. The number of hydrogen-bond acceptors (Lipinski definition) is 2. The monoisotopic (exact) mass is 424 g/mol. The number of hydrogen-bond donors (Lipinski definition) is 1. The Bertz CT molecular complexity index is 797. The molecule has 0 bridgehead atoms. The van der Waals surface area contributed by atoms with Crippen LogP contribution in [0.5, 0.6) is 0 Å². The molecule has 0 saturated heterocycles. The van der Waals surface area contributed by atoms with Crippen molar-refractivity contribution >= 4 is 23.1 Å². The summed E-state index contributed by atoms with van der Waals surface area (Å²) >= 11 is 1.75. The zero-order valence-electron chi connectivity index (χ0n) is 18.5. The van der Waals surface area contributed by atoms with Crippen LogP contribution in [-0.4, -0.2) is 17.0 Å². The third-order valence-electron chi connectivity index (χ3n) is 7.38. The fourth-order valence-corrected chi connectivity index (χ4v) is 6.32. The van der Waals surface area contributed by atoms with Gasteiger partial charge in [-0.05, 0) is 73.9 Å². The van der Waals surface area contributed by atoms with E-state index in [0.29, 0.717) is 12.6 Å². The average Bonchev–Trinajstić information content (AvgIpc) is 3.29. The molecule has 0 unspecified atom stereocenters. The van der Waals surface area contributed by atoms with Crippen LogP contribution in [0.3, 0.4) is 0 Å². The Labute approximate surface area is 185 Å². The molecule has 2 saturated carbocycles. The molecular formula is C26H36N2OS. The second kappa shape index (κ2) is 10.00. The minimum absolute atomic E-state index is 0.0573. The van der Waals surface area contributed by atoms with Gasteiger partial charge in [0.25, 0.3) is 0 Å². The second-order valence-electron chi connectivity index (χ2n) is 9.37. The number of anilines is 1. The molecule has 0 radical (unpaired) electrons. The molecule has 4 rings (SSSR count). The normalized spacial score (nSPS) is 22.6. The molecule has 2 aliphatic rings. The molecule has 30 heavy (non-hydrogen) atoms. The van der Waals surface area contributed by atoms with E-state index in [2.05, 4.69) is 59.8 Å². The van der Waals surface area contributed by atoms with Crippen molar-refractivity contribution < 1.29 is 4.79 Å². The topological polar surface area (TPSA) is 32.3 Å². The first-order chi connectivity index (χ1) is 14.6. The number of thiophene rings is 1. The van der Waals surface area contributed by atoms with Crippen LogP contribution in [0, 0.1) is 25.7 Å². The Balaban J connectivity index is 1.45. The minimum Gasteiger partial charge on any atom is -0.316 e. The smallest absolute Gasteiger partial charge is 0.316 e. The summed E-state index contributed by atoms with van der Waals surface area (Å²) in [6.07, 6.45) is 12.0. The number of carbonyl (C=O) groups excluding carboxylic acids is 1. The number of aryl methyl sites for hydroxylation is 2. The lowest BCUT2D eigenvalue weighted by molar-refractivity contribution is 0.121. The van der Waals surface area contributed by atoms with E-state index in [9.17, 15) is 4.79 Å². The number of para-hydroxylation sites is 1. The highest BCUT2D eigenvalue weighted by atomic mass is 32.1. The first-order valence-corrected chi connectivity index (χ1v) is 12.7. The summed E-state index contributed by atoms with van der Waals surface area (Å²) < 4.78 is 0. The molecule has 3 nitrogen and oxygen atoms in total. The summed E-state index contributed by atoms with van der Waals surface area (Å²) in [7, 11) is 0. The molecular weight excluding hydrogens is 388 g/mol. The molecule has 0 spiro atoms. The van der Waals surface area contributed by atoms with Gasteiger partial charge in [0.05, 0.1) is 6.54 Å². The van der Waals surface area contributed by atoms with Crippen LogP contribution in [0.4, 0.5) is 10.5 Å². The summed E-state index contributed by atoms with van der Waals surface area (Å²) in [6, 6.07) is 10.8. The predicted octanol–water partition coefficient (Wildman–Crippen LogP) is 7.54. The molecule has 2 amide bonds. The molecule has 1 aromatic heterocycles. The Hall–Kier alpha value is -1.81. The van der Waals surface area contributed by atoms with E-state index in [1.807, 2.05) is 0 Å². The van der Waals surface area contributed by atoms with E-state index in [1.165, 1.54) is 49.8 Å². The van der Waals surface area contributed by atoms with Crippen LogP contribution < -0.4 is 5.32 Å². The van der Waals surface area contributed by atoms with E-state index >= 15 is 0 Å². The van der Waals surface area contributed by atoms with Crippen molar-refractivity contribution in [3.05, 3.63) is 51.7 Å². The van der Waals surface area contributed by atoms with Crippen LogP contribution in [0.1, 0.15) is 73.8 Å². The van der Waals surface area contributed by atoms with Gasteiger partial charge in [-0.2, -0.15) is 0 Å². The van der Waals surface area contributed by atoms with E-state index < -0.39 is 0 Å². The standard InChI is InChI=1S/C26H36N2OS/c1-19-8-6-9-20(2)25(19)27-26(29)28(18-24-12-7-17-30-24)23-15-13-22(14-16-23)21-10-4-3-5-11-21/h6-9,12,17,21-23H,3-5,10-11,13-16,18H2,1-2H3,(H,27,29)/t22-,23+. The van der Waals surface area contributed by atoms with Gasteiger partial charge in [0.2, 0.25) is 0 Å². The third kappa shape index (κ3) is 5.08. The van der Waals surface area contributed by atoms with Gasteiger partial charge in [-0.15, -0.1) is 11.3 Å². The molecule has 4 heteroatoms. The van der Waals surface area contributed by atoms with Crippen molar-refractivity contribution in [2.45, 2.75) is 84.2 Å². The second-order valence-corrected chi connectivity index (χ2v) is 10.4. The maximum atomic E-state index is 13.4. The highest BCUT2D eigenvalue weighted by Gasteiger charge is 2.33. The lowest BCUT2D eigenvalue weighted by Crippen LogP contribution is -2.44. The number of urea groups is 1. The van der Waals surface area contributed by atoms with Gasteiger partial charge in [-0.1, -0.05) is 56.4 Å². The molecule has 0 atom stereocenters. The fourth-order valence-electron chi connectivity index (χ4n) is 5.62. The maximum Gasteiger partial charge on any atom is 0.322 e. The van der Waals surface area contributed by atoms with Crippen molar-refractivity contribution in [3.8, 4) is 0 Å². The molecule has 1 N–H and O–H groups in total. The molecule has 1 heterocycles. The Morgan fingerprint density at radius 1 is 0.933 bits per heavy atom. The van der Waals surface area contributed by atoms with Crippen molar-refractivity contribution in [3.63, 3.8) is 0 Å². The van der Waals surface area contributed by atoms with E-state index in [0.717, 1.165) is 41.5 Å². The molecule has 2 aliphatic carbocycles. The largest absolute Gasteiger partial charge is 0.322 e. The highest BCUT2D eigenvalue weighted by molar-refractivity contribution is 7.09. The van der Waals surface area contributed by atoms with Gasteiger partial charge < -0.3 is 10.2 Å². The van der Waals surface area contributed by atoms with Crippen LogP contribution in [0.25, 0.3) is 0 Å². The van der Waals surface area contributed by atoms with Gasteiger partial charge in [-0.25, -0.2) is 4.79 Å². The zero-order chi connectivity index (χ0) is 20.9. The first-order valence-electron chi connectivity index (χ1n) is 11.8. The quantitative estimate of drug-likeness (QED) is 0.528. The highest BCUT2D eigenvalue weighted by Crippen LogP contribution is 2.39. The SMILES string of the molecule is Cc1cccc(C)c1NC(=O)N(Cc1cccs1)[C@H]1CC[C@@H](C2CCCCC2)CC1. The lowest BCUT2D eigenvalue weighted by Gasteiger charge is -2.40. The number of carbonyl (C=O) groups is 1. The number of nitrogens with zero attached hydrogens (tertiary/aromatic N) is 1. The Morgan fingerprint density at radius 3 is 2.23 bits per heavy atom. The van der Waals surface area contributed by atoms with Gasteiger partial charge in [0.15, 0.2) is 0 Å². The lowest BCUT2D eigenvalue weighted by atomic mass is 9.72. The Kier molecular flexibility index (Phi) is 7.14. The van der Waals surface area contributed by atoms with Crippen molar-refractivity contribution in [1.82, 2.24) is 4.90 Å². The minimum atomic E-state index is 0.0573. The zero-order valence-corrected chi connectivity index (χ0v) is 19.3. The maximum absolute atomic E-state index is 13.4. The van der Waals surface area contributed by atoms with Gasteiger partial charge in [0, 0.05) is 16.6 Å².